The maximum atomic E-state index is 4.48. The first-order valence-electron chi connectivity index (χ1n) is 5.16. The van der Waals surface area contributed by atoms with Gasteiger partial charge >= 0.3 is 0 Å². The molecule has 1 fully saturated rings. The number of hydrogen-bond acceptors (Lipinski definition) is 4. The van der Waals surface area contributed by atoms with Crippen molar-refractivity contribution in [2.75, 3.05) is 12.3 Å². The van der Waals surface area contributed by atoms with Gasteiger partial charge in [0.05, 0.1) is 19.3 Å². The van der Waals surface area contributed by atoms with Crippen LogP contribution in [0.5, 0.6) is 0 Å². The van der Waals surface area contributed by atoms with Crippen molar-refractivity contribution in [1.82, 2.24) is 20.3 Å². The predicted octanol–water partition coefficient (Wildman–Crippen LogP) is 0.749. The summed E-state index contributed by atoms with van der Waals surface area (Å²) in [5.74, 6) is 1.14. The van der Waals surface area contributed by atoms with E-state index in [2.05, 4.69) is 27.5 Å². The quantitative estimate of drug-likeness (QED) is 0.821. The van der Waals surface area contributed by atoms with Gasteiger partial charge in [-0.05, 0) is 6.42 Å². The molecule has 1 aliphatic rings. The van der Waals surface area contributed by atoms with E-state index in [1.54, 1.807) is 22.6 Å². The zero-order valence-electron chi connectivity index (χ0n) is 8.76. The van der Waals surface area contributed by atoms with Crippen LogP contribution in [0.25, 0.3) is 0 Å². The molecule has 1 aromatic heterocycles. The van der Waals surface area contributed by atoms with Gasteiger partial charge in [-0.3, -0.25) is 9.67 Å². The number of aromatic nitrogens is 3. The molecule has 0 bridgehead atoms. The lowest BCUT2D eigenvalue weighted by molar-refractivity contribution is 0.597. The van der Waals surface area contributed by atoms with Crippen molar-refractivity contribution >= 4 is 16.9 Å². The van der Waals surface area contributed by atoms with Gasteiger partial charge in [-0.25, -0.2) is 0 Å². The van der Waals surface area contributed by atoms with E-state index >= 15 is 0 Å². The fraction of sp³-hybridized carbons (Fsp3) is 0.667. The van der Waals surface area contributed by atoms with Crippen LogP contribution in [0, 0.1) is 0 Å². The Labute approximate surface area is 93.3 Å². The Hall–Kier alpha value is -1.04. The maximum absolute atomic E-state index is 4.48. The molecule has 0 aromatic carbocycles. The van der Waals surface area contributed by atoms with Crippen LogP contribution in [0.15, 0.2) is 17.4 Å². The van der Waals surface area contributed by atoms with Crippen LogP contribution in [0.4, 0.5) is 0 Å². The average Bonchev–Trinajstić information content (AvgIpc) is 2.88. The SMILES string of the molecule is CCC1CSC(=NCCn2ccnn2)N1. The van der Waals surface area contributed by atoms with Gasteiger partial charge in [-0.15, -0.1) is 5.10 Å². The van der Waals surface area contributed by atoms with Crippen molar-refractivity contribution < 1.29 is 0 Å². The molecule has 1 aromatic rings. The first-order chi connectivity index (χ1) is 7.38. The molecule has 15 heavy (non-hydrogen) atoms. The van der Waals surface area contributed by atoms with Crippen molar-refractivity contribution in [1.29, 1.82) is 0 Å². The third-order valence-corrected chi connectivity index (χ3v) is 3.39. The molecule has 1 saturated heterocycles. The molecule has 82 valence electrons. The van der Waals surface area contributed by atoms with E-state index in [9.17, 15) is 0 Å². The normalized spacial score (nSPS) is 23.3. The number of aliphatic imine (C=N–C) groups is 1. The summed E-state index contributed by atoms with van der Waals surface area (Å²) < 4.78 is 1.79. The summed E-state index contributed by atoms with van der Waals surface area (Å²) in [4.78, 5) is 4.48. The van der Waals surface area contributed by atoms with Crippen molar-refractivity contribution in [3.05, 3.63) is 12.4 Å². The molecule has 1 atom stereocenters. The summed E-state index contributed by atoms with van der Waals surface area (Å²) in [7, 11) is 0. The molecule has 2 heterocycles. The first-order valence-corrected chi connectivity index (χ1v) is 6.15. The summed E-state index contributed by atoms with van der Waals surface area (Å²) in [6.07, 6.45) is 4.70. The molecule has 0 aliphatic carbocycles. The van der Waals surface area contributed by atoms with E-state index in [1.165, 1.54) is 0 Å². The van der Waals surface area contributed by atoms with Crippen molar-refractivity contribution in [3.8, 4) is 0 Å². The molecule has 0 saturated carbocycles. The number of amidine groups is 1. The number of thioether (sulfide) groups is 1. The zero-order valence-corrected chi connectivity index (χ0v) is 9.57. The van der Waals surface area contributed by atoms with Crippen LogP contribution in [-0.4, -0.2) is 38.5 Å². The first kappa shape index (κ1) is 10.5. The molecular formula is C9H15N5S. The second-order valence-corrected chi connectivity index (χ2v) is 4.42. The lowest BCUT2D eigenvalue weighted by Crippen LogP contribution is -2.26. The third-order valence-electron chi connectivity index (χ3n) is 2.30. The molecule has 0 amide bonds. The van der Waals surface area contributed by atoms with Crippen molar-refractivity contribution in [2.24, 2.45) is 4.99 Å². The zero-order chi connectivity index (χ0) is 10.5. The van der Waals surface area contributed by atoms with Gasteiger partial charge in [0.25, 0.3) is 0 Å². The molecule has 0 spiro atoms. The molecule has 2 rings (SSSR count). The summed E-state index contributed by atoms with van der Waals surface area (Å²) in [6, 6.07) is 0.597. The molecule has 5 nitrogen and oxygen atoms in total. The number of nitrogens with zero attached hydrogens (tertiary/aromatic N) is 4. The largest absolute Gasteiger partial charge is 0.361 e. The Bertz CT molecular complexity index is 321. The minimum absolute atomic E-state index is 0.597. The monoisotopic (exact) mass is 225 g/mol. The number of nitrogens with one attached hydrogen (secondary N) is 1. The molecule has 1 aliphatic heterocycles. The smallest absolute Gasteiger partial charge is 0.156 e. The van der Waals surface area contributed by atoms with Gasteiger partial charge in [-0.2, -0.15) is 0 Å². The topological polar surface area (TPSA) is 55.1 Å². The minimum atomic E-state index is 0.597. The molecular weight excluding hydrogens is 210 g/mol. The van der Waals surface area contributed by atoms with E-state index in [0.29, 0.717) is 6.04 Å². The Morgan fingerprint density at radius 1 is 1.73 bits per heavy atom. The highest BCUT2D eigenvalue weighted by Gasteiger charge is 2.17. The Balaban J connectivity index is 1.75. The Morgan fingerprint density at radius 3 is 3.33 bits per heavy atom. The molecule has 0 radical (unpaired) electrons. The van der Waals surface area contributed by atoms with Crippen LogP contribution >= 0.6 is 11.8 Å². The van der Waals surface area contributed by atoms with Crippen LogP contribution in [0.2, 0.25) is 0 Å². The molecule has 6 heteroatoms. The summed E-state index contributed by atoms with van der Waals surface area (Å²) in [5, 5.41) is 12.1. The van der Waals surface area contributed by atoms with Crippen LogP contribution in [0.1, 0.15) is 13.3 Å². The number of rotatable bonds is 4. The lowest BCUT2D eigenvalue weighted by atomic mass is 10.3. The fourth-order valence-corrected chi connectivity index (χ4v) is 2.47. The highest BCUT2D eigenvalue weighted by molar-refractivity contribution is 8.14. The summed E-state index contributed by atoms with van der Waals surface area (Å²) in [5.41, 5.74) is 0. The summed E-state index contributed by atoms with van der Waals surface area (Å²) in [6.45, 7) is 3.74. The summed E-state index contributed by atoms with van der Waals surface area (Å²) >= 11 is 1.81. The minimum Gasteiger partial charge on any atom is -0.361 e. The maximum Gasteiger partial charge on any atom is 0.156 e. The van der Waals surface area contributed by atoms with E-state index in [-0.39, 0.29) is 0 Å². The lowest BCUT2D eigenvalue weighted by Gasteiger charge is -2.04. The van der Waals surface area contributed by atoms with E-state index < -0.39 is 0 Å². The van der Waals surface area contributed by atoms with Gasteiger partial charge in [0.1, 0.15) is 0 Å². The van der Waals surface area contributed by atoms with Crippen LogP contribution in [0.3, 0.4) is 0 Å². The second kappa shape index (κ2) is 5.16. The van der Waals surface area contributed by atoms with Gasteiger partial charge in [0, 0.05) is 18.0 Å². The van der Waals surface area contributed by atoms with Crippen molar-refractivity contribution in [2.45, 2.75) is 25.9 Å². The van der Waals surface area contributed by atoms with Gasteiger partial charge in [0.15, 0.2) is 5.17 Å². The molecule has 1 unspecified atom stereocenters. The van der Waals surface area contributed by atoms with Gasteiger partial charge in [0.2, 0.25) is 0 Å². The average molecular weight is 225 g/mol. The standard InChI is InChI=1S/C9H15N5S/c1-2-8-7-15-9(12-8)10-3-5-14-6-4-11-13-14/h4,6,8H,2-3,5,7H2,1H3,(H,10,12). The van der Waals surface area contributed by atoms with Crippen LogP contribution in [-0.2, 0) is 6.54 Å². The van der Waals surface area contributed by atoms with E-state index in [1.807, 2.05) is 6.20 Å². The van der Waals surface area contributed by atoms with E-state index in [0.717, 1.165) is 30.4 Å². The van der Waals surface area contributed by atoms with Gasteiger partial charge in [-0.1, -0.05) is 23.9 Å². The third kappa shape index (κ3) is 2.95. The highest BCUT2D eigenvalue weighted by atomic mass is 32.2. The Kier molecular flexibility index (Phi) is 3.60. The Morgan fingerprint density at radius 2 is 2.67 bits per heavy atom. The highest BCUT2D eigenvalue weighted by Crippen LogP contribution is 2.15. The van der Waals surface area contributed by atoms with Crippen LogP contribution < -0.4 is 5.32 Å². The van der Waals surface area contributed by atoms with E-state index in [4.69, 9.17) is 0 Å². The van der Waals surface area contributed by atoms with Gasteiger partial charge < -0.3 is 5.32 Å². The predicted molar refractivity (Wildman–Crippen MR) is 62.0 cm³/mol. The number of hydrogen-bond donors (Lipinski definition) is 1. The second-order valence-electron chi connectivity index (χ2n) is 3.41. The molecule has 1 N–H and O–H groups in total. The fourth-order valence-electron chi connectivity index (χ4n) is 1.35. The van der Waals surface area contributed by atoms with Crippen molar-refractivity contribution in [3.63, 3.8) is 0 Å².